The number of hydrogen-bond donors (Lipinski definition) is 2. The monoisotopic (exact) mass is 347 g/mol. The topological polar surface area (TPSA) is 67.2 Å². The van der Waals surface area contributed by atoms with E-state index >= 15 is 0 Å². The minimum atomic E-state index is -0.396. The Morgan fingerprint density at radius 1 is 1.04 bits per heavy atom. The Bertz CT molecular complexity index is 1070. The molecular weight excluding hydrogens is 334 g/mol. The second kappa shape index (κ2) is 6.33. The van der Waals surface area contributed by atoms with Crippen LogP contribution >= 0.6 is 12.2 Å². The number of benzene rings is 2. The number of rotatable bonds is 2. The zero-order valence-corrected chi connectivity index (χ0v) is 13.8. The number of carbonyl (C=O) groups excluding carboxylic acids is 1. The Kier molecular flexibility index (Phi) is 3.87. The van der Waals surface area contributed by atoms with Crippen molar-refractivity contribution >= 4 is 50.8 Å². The van der Waals surface area contributed by atoms with Gasteiger partial charge in [0.2, 0.25) is 0 Å². The third-order valence-electron chi connectivity index (χ3n) is 3.77. The van der Waals surface area contributed by atoms with Crippen molar-refractivity contribution < 1.29 is 9.21 Å². The summed E-state index contributed by atoms with van der Waals surface area (Å²) in [7, 11) is 0. The standard InChI is InChI=1S/C19H13N3O2S/c23-18(17-11-12-5-1-2-9-16(12)24-17)22-19(25)21-15-8-3-7-14-13(15)6-4-10-20-14/h1-11H,(H2,21,22,23,25). The molecule has 2 N–H and O–H groups in total. The molecule has 1 amide bonds. The summed E-state index contributed by atoms with van der Waals surface area (Å²) in [6, 6.07) is 18.6. The third-order valence-corrected chi connectivity index (χ3v) is 3.97. The molecule has 0 spiro atoms. The number of amides is 1. The molecule has 0 unspecified atom stereocenters. The van der Waals surface area contributed by atoms with Crippen LogP contribution in [0.15, 0.2) is 71.3 Å². The molecule has 6 heteroatoms. The van der Waals surface area contributed by atoms with E-state index in [2.05, 4.69) is 15.6 Å². The molecule has 0 saturated carbocycles. The summed E-state index contributed by atoms with van der Waals surface area (Å²) in [5.74, 6) is -0.183. The van der Waals surface area contributed by atoms with Crippen LogP contribution < -0.4 is 10.6 Å². The van der Waals surface area contributed by atoms with Crippen LogP contribution in [0.1, 0.15) is 10.6 Å². The van der Waals surface area contributed by atoms with Crippen LogP contribution in [0.5, 0.6) is 0 Å². The molecule has 0 bridgehead atoms. The van der Waals surface area contributed by atoms with Gasteiger partial charge in [-0.2, -0.15) is 0 Å². The molecule has 5 nitrogen and oxygen atoms in total. The maximum atomic E-state index is 12.3. The SMILES string of the molecule is O=C(NC(=S)Nc1cccc2ncccc12)c1cc2ccccc2o1. The highest BCUT2D eigenvalue weighted by molar-refractivity contribution is 7.80. The zero-order chi connectivity index (χ0) is 17.2. The number of fused-ring (bicyclic) bond motifs is 2. The molecule has 0 atom stereocenters. The average Bonchev–Trinajstić information content (AvgIpc) is 3.06. The predicted octanol–water partition coefficient (Wildman–Crippen LogP) is 4.11. The summed E-state index contributed by atoms with van der Waals surface area (Å²) < 4.78 is 5.54. The number of furan rings is 1. The van der Waals surface area contributed by atoms with Gasteiger partial charge in [0.05, 0.1) is 5.52 Å². The highest BCUT2D eigenvalue weighted by Gasteiger charge is 2.14. The minimum absolute atomic E-state index is 0.196. The molecule has 0 aliphatic carbocycles. The van der Waals surface area contributed by atoms with Gasteiger partial charge >= 0.3 is 0 Å². The number of carbonyl (C=O) groups is 1. The number of nitrogens with zero attached hydrogens (tertiary/aromatic N) is 1. The van der Waals surface area contributed by atoms with Crippen molar-refractivity contribution in [3.05, 3.63) is 72.6 Å². The minimum Gasteiger partial charge on any atom is -0.451 e. The van der Waals surface area contributed by atoms with Crippen molar-refractivity contribution in [3.63, 3.8) is 0 Å². The van der Waals surface area contributed by atoms with Crippen LogP contribution in [0.25, 0.3) is 21.9 Å². The van der Waals surface area contributed by atoms with Crippen molar-refractivity contribution in [2.24, 2.45) is 0 Å². The summed E-state index contributed by atoms with van der Waals surface area (Å²) >= 11 is 5.25. The maximum Gasteiger partial charge on any atom is 0.293 e. The van der Waals surface area contributed by atoms with E-state index in [9.17, 15) is 4.79 Å². The lowest BCUT2D eigenvalue weighted by molar-refractivity contribution is 0.0953. The number of nitrogens with one attached hydrogen (secondary N) is 2. The van der Waals surface area contributed by atoms with Crippen molar-refractivity contribution in [2.45, 2.75) is 0 Å². The van der Waals surface area contributed by atoms with Gasteiger partial charge in [-0.3, -0.25) is 15.1 Å². The molecule has 0 fully saturated rings. The zero-order valence-electron chi connectivity index (χ0n) is 13.0. The van der Waals surface area contributed by atoms with E-state index in [0.717, 1.165) is 22.0 Å². The fourth-order valence-corrected chi connectivity index (χ4v) is 2.83. The van der Waals surface area contributed by atoms with Gasteiger partial charge in [-0.15, -0.1) is 0 Å². The van der Waals surface area contributed by atoms with Gasteiger partial charge in [0.1, 0.15) is 5.58 Å². The molecule has 0 aliphatic heterocycles. The number of anilines is 1. The second-order valence-electron chi connectivity index (χ2n) is 5.43. The molecule has 4 aromatic rings. The molecule has 25 heavy (non-hydrogen) atoms. The number of para-hydroxylation sites is 1. The lowest BCUT2D eigenvalue weighted by Gasteiger charge is -2.10. The number of pyridine rings is 1. The highest BCUT2D eigenvalue weighted by atomic mass is 32.1. The van der Waals surface area contributed by atoms with E-state index in [4.69, 9.17) is 16.6 Å². The van der Waals surface area contributed by atoms with Crippen LogP contribution in [0.2, 0.25) is 0 Å². The lowest BCUT2D eigenvalue weighted by atomic mass is 10.2. The Hall–Kier alpha value is -3.25. The predicted molar refractivity (Wildman–Crippen MR) is 102 cm³/mol. The highest BCUT2D eigenvalue weighted by Crippen LogP contribution is 2.21. The Morgan fingerprint density at radius 3 is 2.80 bits per heavy atom. The third kappa shape index (κ3) is 3.07. The Morgan fingerprint density at radius 2 is 1.92 bits per heavy atom. The quantitative estimate of drug-likeness (QED) is 0.534. The van der Waals surface area contributed by atoms with Gasteiger partial charge in [-0.25, -0.2) is 0 Å². The van der Waals surface area contributed by atoms with Crippen LogP contribution in [0.3, 0.4) is 0 Å². The van der Waals surface area contributed by atoms with E-state index in [-0.39, 0.29) is 10.9 Å². The van der Waals surface area contributed by atoms with Gasteiger partial charge in [0, 0.05) is 22.7 Å². The van der Waals surface area contributed by atoms with Crippen molar-refractivity contribution in [3.8, 4) is 0 Å². The largest absolute Gasteiger partial charge is 0.451 e. The maximum absolute atomic E-state index is 12.3. The first kappa shape index (κ1) is 15.3. The molecule has 0 aliphatic rings. The van der Waals surface area contributed by atoms with Crippen LogP contribution in [0, 0.1) is 0 Å². The van der Waals surface area contributed by atoms with Gasteiger partial charge in [0.15, 0.2) is 10.9 Å². The molecule has 2 aromatic heterocycles. The van der Waals surface area contributed by atoms with Crippen LogP contribution in [-0.4, -0.2) is 16.0 Å². The van der Waals surface area contributed by atoms with Gasteiger partial charge in [0.25, 0.3) is 5.91 Å². The van der Waals surface area contributed by atoms with E-state index in [1.807, 2.05) is 54.6 Å². The van der Waals surface area contributed by atoms with Crippen LogP contribution in [0.4, 0.5) is 5.69 Å². The first-order valence-electron chi connectivity index (χ1n) is 7.65. The first-order valence-corrected chi connectivity index (χ1v) is 8.06. The van der Waals surface area contributed by atoms with Crippen molar-refractivity contribution in [1.82, 2.24) is 10.3 Å². The smallest absolute Gasteiger partial charge is 0.293 e. The van der Waals surface area contributed by atoms with Crippen LogP contribution in [-0.2, 0) is 0 Å². The molecule has 2 heterocycles. The summed E-state index contributed by atoms with van der Waals surface area (Å²) in [4.78, 5) is 16.6. The number of aromatic nitrogens is 1. The molecule has 122 valence electrons. The Labute approximate surface area is 148 Å². The lowest BCUT2D eigenvalue weighted by Crippen LogP contribution is -2.33. The molecular formula is C19H13N3O2S. The van der Waals surface area contributed by atoms with E-state index in [1.54, 1.807) is 12.3 Å². The van der Waals surface area contributed by atoms with Gasteiger partial charge in [-0.05, 0) is 48.6 Å². The fraction of sp³-hybridized carbons (Fsp3) is 0. The summed E-state index contributed by atoms with van der Waals surface area (Å²) in [6.45, 7) is 0. The van der Waals surface area contributed by atoms with E-state index < -0.39 is 5.91 Å². The second-order valence-corrected chi connectivity index (χ2v) is 5.84. The summed E-state index contributed by atoms with van der Waals surface area (Å²) in [5.41, 5.74) is 2.28. The summed E-state index contributed by atoms with van der Waals surface area (Å²) in [5, 5.41) is 7.66. The van der Waals surface area contributed by atoms with Gasteiger partial charge < -0.3 is 9.73 Å². The normalized spacial score (nSPS) is 10.7. The Balaban J connectivity index is 1.52. The molecule has 0 radical (unpaired) electrons. The number of thiocarbonyl (C=S) groups is 1. The van der Waals surface area contributed by atoms with E-state index in [0.29, 0.717) is 5.58 Å². The molecule has 2 aromatic carbocycles. The first-order chi connectivity index (χ1) is 12.2. The van der Waals surface area contributed by atoms with Gasteiger partial charge in [-0.1, -0.05) is 24.3 Å². The summed E-state index contributed by atoms with van der Waals surface area (Å²) in [6.07, 6.45) is 1.73. The number of hydrogen-bond acceptors (Lipinski definition) is 4. The van der Waals surface area contributed by atoms with Crippen molar-refractivity contribution in [1.29, 1.82) is 0 Å². The van der Waals surface area contributed by atoms with E-state index in [1.165, 1.54) is 0 Å². The average molecular weight is 347 g/mol. The van der Waals surface area contributed by atoms with Crippen molar-refractivity contribution in [2.75, 3.05) is 5.32 Å². The molecule has 0 saturated heterocycles. The fourth-order valence-electron chi connectivity index (χ4n) is 2.62. The molecule has 4 rings (SSSR count).